The van der Waals surface area contributed by atoms with Crippen molar-refractivity contribution in [3.63, 3.8) is 0 Å². The Balaban J connectivity index is 2.25. The number of hydrogen-bond donors (Lipinski definition) is 2. The van der Waals surface area contributed by atoms with Gasteiger partial charge in [-0.3, -0.25) is 4.79 Å². The number of terminal acetylenes is 1. The molecule has 1 aliphatic heterocycles. The maximum absolute atomic E-state index is 12.4. The molecular formula is C19H22N4O3. The molecule has 7 nitrogen and oxygen atoms in total. The van der Waals surface area contributed by atoms with E-state index in [1.807, 2.05) is 6.07 Å². The number of likely N-dealkylation sites (N-methyl/N-ethyl adjacent to an activating group) is 1. The molecule has 1 aromatic rings. The lowest BCUT2D eigenvalue weighted by atomic mass is 9.97. The van der Waals surface area contributed by atoms with Gasteiger partial charge in [-0.25, -0.2) is 4.99 Å². The highest BCUT2D eigenvalue weighted by molar-refractivity contribution is 6.05. The Labute approximate surface area is 153 Å². The van der Waals surface area contributed by atoms with Crippen molar-refractivity contribution in [1.82, 2.24) is 10.2 Å². The van der Waals surface area contributed by atoms with Gasteiger partial charge in [-0.1, -0.05) is 11.8 Å². The summed E-state index contributed by atoms with van der Waals surface area (Å²) >= 11 is 0. The molecular weight excluding hydrogens is 332 g/mol. The fourth-order valence-corrected chi connectivity index (χ4v) is 2.52. The van der Waals surface area contributed by atoms with Gasteiger partial charge in [0.15, 0.2) is 22.9 Å². The van der Waals surface area contributed by atoms with Crippen molar-refractivity contribution in [2.24, 2.45) is 10.7 Å². The second-order valence-electron chi connectivity index (χ2n) is 5.81. The Hall–Kier alpha value is -3.16. The molecule has 0 bridgehead atoms. The molecule has 26 heavy (non-hydrogen) atoms. The van der Waals surface area contributed by atoms with Gasteiger partial charge in [-0.05, 0) is 31.0 Å². The van der Waals surface area contributed by atoms with Gasteiger partial charge in [0.25, 0.3) is 0 Å². The van der Waals surface area contributed by atoms with E-state index in [1.54, 1.807) is 45.2 Å². The summed E-state index contributed by atoms with van der Waals surface area (Å²) in [6.45, 7) is 1.83. The van der Waals surface area contributed by atoms with E-state index in [0.717, 1.165) is 5.56 Å². The van der Waals surface area contributed by atoms with Crippen LogP contribution in [0.3, 0.4) is 0 Å². The van der Waals surface area contributed by atoms with Crippen molar-refractivity contribution < 1.29 is 14.3 Å². The number of amides is 1. The Bertz CT molecular complexity index is 831. The first kappa shape index (κ1) is 19.2. The zero-order chi connectivity index (χ0) is 19.3. The number of nitrogens with one attached hydrogen (secondary N) is 1. The number of nitrogens with zero attached hydrogens (tertiary/aromatic N) is 2. The molecule has 0 aliphatic carbocycles. The Morgan fingerprint density at radius 3 is 2.69 bits per heavy atom. The van der Waals surface area contributed by atoms with Crippen LogP contribution in [-0.4, -0.2) is 56.2 Å². The summed E-state index contributed by atoms with van der Waals surface area (Å²) in [5.74, 6) is 9.66. The summed E-state index contributed by atoms with van der Waals surface area (Å²) in [7, 11) is 4.85. The van der Waals surface area contributed by atoms with Gasteiger partial charge in [0.1, 0.15) is 6.17 Å². The van der Waals surface area contributed by atoms with Gasteiger partial charge in [-0.2, -0.15) is 0 Å². The first-order chi connectivity index (χ1) is 12.4. The molecule has 0 saturated carbocycles. The van der Waals surface area contributed by atoms with Crippen LogP contribution in [0.4, 0.5) is 0 Å². The molecule has 1 aliphatic rings. The zero-order valence-electron chi connectivity index (χ0n) is 15.3. The molecule has 3 N–H and O–H groups in total. The first-order valence-corrected chi connectivity index (χ1v) is 7.91. The van der Waals surface area contributed by atoms with Crippen LogP contribution >= 0.6 is 0 Å². The predicted molar refractivity (Wildman–Crippen MR) is 99.8 cm³/mol. The van der Waals surface area contributed by atoms with Crippen molar-refractivity contribution >= 4 is 11.7 Å². The molecule has 1 heterocycles. The summed E-state index contributed by atoms with van der Waals surface area (Å²) < 4.78 is 10.5. The summed E-state index contributed by atoms with van der Waals surface area (Å²) in [6.07, 6.45) is 4.44. The number of methoxy groups -OCH3 is 2. The third-order valence-corrected chi connectivity index (χ3v) is 4.36. The average molecular weight is 354 g/mol. The molecule has 2 atom stereocenters. The topological polar surface area (TPSA) is 89.2 Å². The van der Waals surface area contributed by atoms with Crippen molar-refractivity contribution in [2.75, 3.05) is 27.8 Å². The third kappa shape index (κ3) is 3.44. The van der Waals surface area contributed by atoms with Crippen LogP contribution < -0.4 is 20.5 Å². The van der Waals surface area contributed by atoms with E-state index >= 15 is 0 Å². The summed E-state index contributed by atoms with van der Waals surface area (Å²) in [6, 6.07) is 5.34. The molecule has 0 fully saturated rings. The molecule has 2 unspecified atom stereocenters. The normalized spacial score (nSPS) is 21.2. The van der Waals surface area contributed by atoms with Gasteiger partial charge < -0.3 is 25.4 Å². The van der Waals surface area contributed by atoms with E-state index in [4.69, 9.17) is 21.6 Å². The molecule has 1 aromatic carbocycles. The van der Waals surface area contributed by atoms with Crippen LogP contribution in [0.25, 0.3) is 0 Å². The smallest absolute Gasteiger partial charge is 0.250 e. The van der Waals surface area contributed by atoms with Gasteiger partial charge in [0.05, 0.1) is 20.8 Å². The van der Waals surface area contributed by atoms with E-state index in [0.29, 0.717) is 17.3 Å². The van der Waals surface area contributed by atoms with Crippen LogP contribution in [0.15, 0.2) is 23.2 Å². The van der Waals surface area contributed by atoms with Crippen molar-refractivity contribution in [2.45, 2.75) is 18.6 Å². The number of nitrogens with two attached hydrogens (primary N) is 1. The molecule has 2 rings (SSSR count). The van der Waals surface area contributed by atoms with Gasteiger partial charge >= 0.3 is 0 Å². The van der Waals surface area contributed by atoms with E-state index in [1.165, 1.54) is 0 Å². The van der Waals surface area contributed by atoms with Crippen LogP contribution in [-0.2, 0) is 4.79 Å². The number of carbonyl (C=O) groups excluding carboxylic acids is 1. The molecule has 0 aromatic heterocycles. The molecule has 1 amide bonds. The van der Waals surface area contributed by atoms with Crippen molar-refractivity contribution in [3.8, 4) is 35.7 Å². The summed E-state index contributed by atoms with van der Waals surface area (Å²) in [4.78, 5) is 18.4. The monoisotopic (exact) mass is 354 g/mol. The van der Waals surface area contributed by atoms with Crippen LogP contribution in [0, 0.1) is 24.2 Å². The van der Waals surface area contributed by atoms with E-state index < -0.39 is 11.7 Å². The Morgan fingerprint density at radius 1 is 1.38 bits per heavy atom. The van der Waals surface area contributed by atoms with Gasteiger partial charge in [-0.15, -0.1) is 6.42 Å². The average Bonchev–Trinajstić information content (AvgIpc) is 2.88. The van der Waals surface area contributed by atoms with Crippen LogP contribution in [0.2, 0.25) is 0 Å². The predicted octanol–water partition coefficient (Wildman–Crippen LogP) is 0.192. The first-order valence-electron chi connectivity index (χ1n) is 7.91. The highest BCUT2D eigenvalue weighted by Crippen LogP contribution is 2.28. The minimum atomic E-state index is -1.06. The van der Waals surface area contributed by atoms with Gasteiger partial charge in [0.2, 0.25) is 5.91 Å². The van der Waals surface area contributed by atoms with E-state index in [9.17, 15) is 4.79 Å². The van der Waals surface area contributed by atoms with Crippen molar-refractivity contribution in [3.05, 3.63) is 23.8 Å². The highest BCUT2D eigenvalue weighted by atomic mass is 16.5. The highest BCUT2D eigenvalue weighted by Gasteiger charge is 2.48. The fourth-order valence-electron chi connectivity index (χ4n) is 2.52. The van der Waals surface area contributed by atoms with E-state index in [2.05, 4.69) is 28.1 Å². The molecule has 136 valence electrons. The maximum atomic E-state index is 12.4. The lowest BCUT2D eigenvalue weighted by molar-refractivity contribution is -0.129. The number of aliphatic imine (C=N–C) groups is 1. The lowest BCUT2D eigenvalue weighted by Crippen LogP contribution is -2.61. The molecule has 0 saturated heterocycles. The molecule has 7 heteroatoms. The largest absolute Gasteiger partial charge is 0.493 e. The quantitative estimate of drug-likeness (QED) is 0.754. The van der Waals surface area contributed by atoms with Crippen LogP contribution in [0.5, 0.6) is 11.5 Å². The Kier molecular flexibility index (Phi) is 5.76. The van der Waals surface area contributed by atoms with Crippen molar-refractivity contribution in [1.29, 1.82) is 0 Å². The number of rotatable bonds is 4. The second-order valence-corrected chi connectivity index (χ2v) is 5.81. The minimum Gasteiger partial charge on any atom is -0.493 e. The van der Waals surface area contributed by atoms with Crippen LogP contribution in [0.1, 0.15) is 12.5 Å². The number of carbonyl (C=O) groups is 1. The fraction of sp³-hybridized carbons (Fsp3) is 0.368. The molecule has 0 radical (unpaired) electrons. The third-order valence-electron chi connectivity index (χ3n) is 4.36. The lowest BCUT2D eigenvalue weighted by Gasteiger charge is -2.33. The Morgan fingerprint density at radius 2 is 2.08 bits per heavy atom. The minimum absolute atomic E-state index is 0.127. The SMILES string of the molecule is C#CCNC(=O)C1(C)C(N)N=C(C#Cc2ccc(OC)c(OC)c2)N1C. The summed E-state index contributed by atoms with van der Waals surface area (Å²) in [5.41, 5.74) is 5.74. The maximum Gasteiger partial charge on any atom is 0.250 e. The van der Waals surface area contributed by atoms with E-state index in [-0.39, 0.29) is 12.5 Å². The standard InChI is InChI=1S/C19H22N4O3/c1-6-11-21-18(24)19(2)17(20)22-16(23(19)3)10-8-13-7-9-14(25-4)15(12-13)26-5/h1,7,9,12,17H,11,20H2,2-5H3,(H,21,24). The number of hydrogen-bond acceptors (Lipinski definition) is 6. The summed E-state index contributed by atoms with van der Waals surface area (Å²) in [5, 5.41) is 2.65. The second kappa shape index (κ2) is 7.81. The number of amidine groups is 1. The molecule has 0 spiro atoms. The number of ether oxygens (including phenoxy) is 2. The number of benzene rings is 1. The van der Waals surface area contributed by atoms with Gasteiger partial charge in [0, 0.05) is 12.6 Å². The zero-order valence-corrected chi connectivity index (χ0v) is 15.3.